The van der Waals surface area contributed by atoms with Crippen LogP contribution >= 0.6 is 0 Å². The Kier molecular flexibility index (Phi) is 8.28. The third-order valence-corrected chi connectivity index (χ3v) is 4.37. The highest BCUT2D eigenvalue weighted by Gasteiger charge is 2.25. The number of aliphatic hydroxyl groups excluding tert-OH is 1. The van der Waals surface area contributed by atoms with Crippen LogP contribution in [0.2, 0.25) is 0 Å². The molecule has 0 aromatic heterocycles. The Bertz CT molecular complexity index is 295. The van der Waals surface area contributed by atoms with Gasteiger partial charge in [-0.15, -0.1) is 0 Å². The molecule has 5 heteroatoms. The lowest BCUT2D eigenvalue weighted by Gasteiger charge is -2.32. The van der Waals surface area contributed by atoms with Gasteiger partial charge in [0.25, 0.3) is 0 Å². The third kappa shape index (κ3) is 7.88. The Balaban J connectivity index is 2.16. The zero-order valence-corrected chi connectivity index (χ0v) is 14.9. The number of ether oxygens (including phenoxy) is 4. The van der Waals surface area contributed by atoms with Gasteiger partial charge in [-0.25, -0.2) is 0 Å². The molecule has 1 fully saturated rings. The van der Waals surface area contributed by atoms with E-state index in [1.165, 1.54) is 0 Å². The van der Waals surface area contributed by atoms with Gasteiger partial charge in [0.2, 0.25) is 0 Å². The van der Waals surface area contributed by atoms with E-state index < -0.39 is 11.6 Å². The van der Waals surface area contributed by atoms with E-state index in [-0.39, 0.29) is 0 Å². The van der Waals surface area contributed by atoms with Crippen molar-refractivity contribution >= 4 is 0 Å². The van der Waals surface area contributed by atoms with Crippen molar-refractivity contribution in [2.75, 3.05) is 33.5 Å². The molecule has 1 rings (SSSR count). The van der Waals surface area contributed by atoms with E-state index in [2.05, 4.69) is 0 Å². The first-order valence-corrected chi connectivity index (χ1v) is 8.36. The van der Waals surface area contributed by atoms with Crippen molar-refractivity contribution in [2.45, 2.75) is 65.0 Å². The minimum atomic E-state index is -0.603. The fourth-order valence-electron chi connectivity index (χ4n) is 2.57. The van der Waals surface area contributed by atoms with Crippen molar-refractivity contribution in [1.82, 2.24) is 0 Å². The normalized spacial score (nSPS) is 23.7. The van der Waals surface area contributed by atoms with Crippen LogP contribution in [-0.2, 0) is 18.9 Å². The summed E-state index contributed by atoms with van der Waals surface area (Å²) in [6.07, 6.45) is 4.47. The average molecular weight is 318 g/mol. The lowest BCUT2D eigenvalue weighted by Crippen LogP contribution is -2.34. The Morgan fingerprint density at radius 2 is 1.32 bits per heavy atom. The topological polar surface area (TPSA) is 57.2 Å². The third-order valence-electron chi connectivity index (χ3n) is 4.37. The van der Waals surface area contributed by atoms with Crippen LogP contribution in [0.4, 0.5) is 0 Å². The van der Waals surface area contributed by atoms with E-state index in [9.17, 15) is 0 Å². The van der Waals surface area contributed by atoms with E-state index in [0.29, 0.717) is 31.7 Å². The summed E-state index contributed by atoms with van der Waals surface area (Å²) in [5.74, 6) is -0.121. The van der Waals surface area contributed by atoms with Gasteiger partial charge in [-0.05, 0) is 65.2 Å². The summed E-state index contributed by atoms with van der Waals surface area (Å²) in [6.45, 7) is 9.60. The van der Waals surface area contributed by atoms with Crippen molar-refractivity contribution in [1.29, 1.82) is 0 Å². The standard InChI is InChI=1S/C17H34O5/c1-16(2,19-5)20-10-11-21-17(3,4)22-13-15-8-6-14(12-18)7-9-15/h14-15,18H,6-13H2,1-5H3. The lowest BCUT2D eigenvalue weighted by molar-refractivity contribution is -0.246. The molecular weight excluding hydrogens is 284 g/mol. The smallest absolute Gasteiger partial charge is 0.162 e. The van der Waals surface area contributed by atoms with Crippen LogP contribution in [0.25, 0.3) is 0 Å². The Morgan fingerprint density at radius 3 is 1.82 bits per heavy atom. The van der Waals surface area contributed by atoms with Crippen molar-refractivity contribution in [3.63, 3.8) is 0 Å². The summed E-state index contributed by atoms with van der Waals surface area (Å²) in [4.78, 5) is 0. The summed E-state index contributed by atoms with van der Waals surface area (Å²) in [6, 6.07) is 0. The predicted octanol–water partition coefficient (Wildman–Crippen LogP) is 2.95. The van der Waals surface area contributed by atoms with Crippen molar-refractivity contribution in [3.8, 4) is 0 Å². The molecule has 0 aliphatic heterocycles. The van der Waals surface area contributed by atoms with Crippen LogP contribution in [0.5, 0.6) is 0 Å². The second-order valence-electron chi connectivity index (χ2n) is 7.08. The molecule has 0 atom stereocenters. The van der Waals surface area contributed by atoms with Gasteiger partial charge < -0.3 is 24.1 Å². The van der Waals surface area contributed by atoms with Gasteiger partial charge in [0, 0.05) is 13.7 Å². The van der Waals surface area contributed by atoms with Gasteiger partial charge in [-0.2, -0.15) is 0 Å². The molecule has 0 spiro atoms. The molecule has 1 N–H and O–H groups in total. The Hall–Kier alpha value is -0.200. The van der Waals surface area contributed by atoms with Crippen LogP contribution in [0.15, 0.2) is 0 Å². The maximum Gasteiger partial charge on any atom is 0.162 e. The molecule has 1 aliphatic rings. The van der Waals surface area contributed by atoms with E-state index in [1.54, 1.807) is 7.11 Å². The molecule has 0 aromatic rings. The van der Waals surface area contributed by atoms with E-state index in [0.717, 1.165) is 32.3 Å². The van der Waals surface area contributed by atoms with Crippen LogP contribution in [0.3, 0.4) is 0 Å². The molecule has 132 valence electrons. The first-order chi connectivity index (χ1) is 10.3. The minimum absolute atomic E-state index is 0.319. The number of aliphatic hydroxyl groups is 1. The van der Waals surface area contributed by atoms with Crippen LogP contribution in [-0.4, -0.2) is 50.2 Å². The molecule has 0 aromatic carbocycles. The molecule has 0 heterocycles. The van der Waals surface area contributed by atoms with Crippen LogP contribution in [0, 0.1) is 11.8 Å². The van der Waals surface area contributed by atoms with Gasteiger partial charge in [0.05, 0.1) is 19.8 Å². The number of hydrogen-bond acceptors (Lipinski definition) is 5. The van der Waals surface area contributed by atoms with Crippen molar-refractivity contribution in [2.24, 2.45) is 11.8 Å². The van der Waals surface area contributed by atoms with Gasteiger partial charge in [-0.3, -0.25) is 0 Å². The zero-order chi connectivity index (χ0) is 16.6. The monoisotopic (exact) mass is 318 g/mol. The summed E-state index contributed by atoms with van der Waals surface area (Å²) in [7, 11) is 1.62. The molecule has 22 heavy (non-hydrogen) atoms. The summed E-state index contributed by atoms with van der Waals surface area (Å²) in [5.41, 5.74) is 0. The molecule has 1 saturated carbocycles. The fourth-order valence-corrected chi connectivity index (χ4v) is 2.57. The second-order valence-corrected chi connectivity index (χ2v) is 7.08. The number of methoxy groups -OCH3 is 1. The van der Waals surface area contributed by atoms with Crippen molar-refractivity contribution < 1.29 is 24.1 Å². The molecule has 0 radical (unpaired) electrons. The molecular formula is C17H34O5. The van der Waals surface area contributed by atoms with Gasteiger partial charge in [0.1, 0.15) is 0 Å². The van der Waals surface area contributed by atoms with E-state index in [1.807, 2.05) is 27.7 Å². The SMILES string of the molecule is COC(C)(C)OCCOC(C)(C)OCC1CCC(CO)CC1. The largest absolute Gasteiger partial charge is 0.396 e. The van der Waals surface area contributed by atoms with Gasteiger partial charge in [-0.1, -0.05) is 0 Å². The Morgan fingerprint density at radius 1 is 0.818 bits per heavy atom. The second kappa shape index (κ2) is 9.18. The molecule has 0 bridgehead atoms. The molecule has 1 aliphatic carbocycles. The first kappa shape index (κ1) is 19.8. The summed E-state index contributed by atoms with van der Waals surface area (Å²) >= 11 is 0. The van der Waals surface area contributed by atoms with E-state index >= 15 is 0 Å². The maximum atomic E-state index is 9.16. The number of hydrogen-bond donors (Lipinski definition) is 1. The summed E-state index contributed by atoms with van der Waals surface area (Å²) in [5, 5.41) is 9.16. The van der Waals surface area contributed by atoms with E-state index in [4.69, 9.17) is 24.1 Å². The summed E-state index contributed by atoms with van der Waals surface area (Å²) < 4.78 is 22.4. The molecule has 5 nitrogen and oxygen atoms in total. The van der Waals surface area contributed by atoms with Crippen LogP contribution < -0.4 is 0 Å². The molecule has 0 amide bonds. The maximum absolute atomic E-state index is 9.16. The lowest BCUT2D eigenvalue weighted by atomic mass is 9.83. The zero-order valence-electron chi connectivity index (χ0n) is 14.9. The minimum Gasteiger partial charge on any atom is -0.396 e. The average Bonchev–Trinajstić information content (AvgIpc) is 2.50. The highest BCUT2D eigenvalue weighted by Crippen LogP contribution is 2.29. The highest BCUT2D eigenvalue weighted by molar-refractivity contribution is 4.72. The Labute approximate surface area is 135 Å². The van der Waals surface area contributed by atoms with Crippen molar-refractivity contribution in [3.05, 3.63) is 0 Å². The fraction of sp³-hybridized carbons (Fsp3) is 1.00. The number of rotatable bonds is 10. The van der Waals surface area contributed by atoms with Gasteiger partial charge in [0.15, 0.2) is 11.6 Å². The first-order valence-electron chi connectivity index (χ1n) is 8.36. The quantitative estimate of drug-likeness (QED) is 0.496. The molecule has 0 unspecified atom stereocenters. The highest BCUT2D eigenvalue weighted by atomic mass is 16.7. The predicted molar refractivity (Wildman–Crippen MR) is 85.6 cm³/mol. The molecule has 0 saturated heterocycles. The van der Waals surface area contributed by atoms with Crippen LogP contribution in [0.1, 0.15) is 53.4 Å². The van der Waals surface area contributed by atoms with Gasteiger partial charge >= 0.3 is 0 Å².